The third kappa shape index (κ3) is 2.07. The number of nitrogens with zero attached hydrogens (tertiary/aromatic N) is 2. The second-order valence-corrected chi connectivity index (χ2v) is 3.97. The smallest absolute Gasteiger partial charge is 0.275 e. The number of fused-ring (bicyclic) bond motifs is 1. The first-order valence-corrected chi connectivity index (χ1v) is 5.19. The van der Waals surface area contributed by atoms with Gasteiger partial charge in [-0.05, 0) is 17.7 Å². The Labute approximate surface area is 105 Å². The lowest BCUT2D eigenvalue weighted by Gasteiger charge is -2.03. The highest BCUT2D eigenvalue weighted by molar-refractivity contribution is 6.69. The summed E-state index contributed by atoms with van der Waals surface area (Å²) < 4.78 is 0. The predicted octanol–water partition coefficient (Wildman–Crippen LogP) is 3.18. The molecule has 2 aromatic rings. The number of hydrogen-bond acceptors (Lipinski definition) is 4. The lowest BCUT2D eigenvalue weighted by molar-refractivity contribution is -0.385. The van der Waals surface area contributed by atoms with Crippen molar-refractivity contribution in [3.8, 4) is 0 Å². The molecule has 0 radical (unpaired) electrons. The third-order valence-corrected chi connectivity index (χ3v) is 2.70. The Morgan fingerprint density at radius 2 is 2.12 bits per heavy atom. The molecular formula is C10H4Cl2N2O3. The van der Waals surface area contributed by atoms with Crippen molar-refractivity contribution in [3.05, 3.63) is 45.1 Å². The molecule has 2 rings (SSSR count). The highest BCUT2D eigenvalue weighted by atomic mass is 35.5. The molecule has 0 fully saturated rings. The lowest BCUT2D eigenvalue weighted by atomic mass is 10.1. The van der Waals surface area contributed by atoms with E-state index in [2.05, 4.69) is 4.98 Å². The molecule has 7 heteroatoms. The van der Waals surface area contributed by atoms with Crippen LogP contribution in [0, 0.1) is 10.1 Å². The molecule has 1 aromatic heterocycles. The fourth-order valence-corrected chi connectivity index (χ4v) is 1.93. The van der Waals surface area contributed by atoms with Crippen LogP contribution >= 0.6 is 23.2 Å². The standard InChI is InChI=1S/C10H4Cl2N2O3/c11-7-2-1-5-3-6(14(16)17)4-13-9(5)8(7)10(12)15/h1-4H. The normalized spacial score (nSPS) is 10.5. The van der Waals surface area contributed by atoms with Crippen LogP contribution in [0.2, 0.25) is 5.02 Å². The van der Waals surface area contributed by atoms with E-state index in [4.69, 9.17) is 23.2 Å². The van der Waals surface area contributed by atoms with E-state index in [1.807, 2.05) is 0 Å². The van der Waals surface area contributed by atoms with E-state index >= 15 is 0 Å². The number of nitro groups is 1. The molecule has 17 heavy (non-hydrogen) atoms. The first kappa shape index (κ1) is 11.8. The van der Waals surface area contributed by atoms with E-state index in [-0.39, 0.29) is 21.8 Å². The van der Waals surface area contributed by atoms with Crippen LogP contribution in [-0.4, -0.2) is 15.1 Å². The first-order valence-electron chi connectivity index (χ1n) is 4.43. The lowest BCUT2D eigenvalue weighted by Crippen LogP contribution is -1.96. The summed E-state index contributed by atoms with van der Waals surface area (Å²) in [6.45, 7) is 0. The highest BCUT2D eigenvalue weighted by Crippen LogP contribution is 2.28. The van der Waals surface area contributed by atoms with Crippen LogP contribution < -0.4 is 0 Å². The molecule has 0 saturated carbocycles. The second-order valence-electron chi connectivity index (χ2n) is 3.22. The van der Waals surface area contributed by atoms with E-state index in [9.17, 15) is 14.9 Å². The van der Waals surface area contributed by atoms with Crippen molar-refractivity contribution < 1.29 is 9.72 Å². The number of pyridine rings is 1. The molecule has 0 atom stereocenters. The summed E-state index contributed by atoms with van der Waals surface area (Å²) in [5.74, 6) is 0. The Morgan fingerprint density at radius 1 is 1.41 bits per heavy atom. The molecule has 0 saturated heterocycles. The largest absolute Gasteiger partial charge is 0.288 e. The van der Waals surface area contributed by atoms with Crippen LogP contribution in [0.25, 0.3) is 10.9 Å². The molecule has 1 heterocycles. The molecule has 0 aliphatic rings. The van der Waals surface area contributed by atoms with E-state index in [1.165, 1.54) is 12.1 Å². The number of aromatic nitrogens is 1. The van der Waals surface area contributed by atoms with Gasteiger partial charge in [-0.1, -0.05) is 17.7 Å². The van der Waals surface area contributed by atoms with E-state index in [1.54, 1.807) is 6.07 Å². The minimum Gasteiger partial charge on any atom is -0.275 e. The molecule has 0 N–H and O–H groups in total. The quantitative estimate of drug-likeness (QED) is 0.477. The maximum absolute atomic E-state index is 11.2. The Kier molecular flexibility index (Phi) is 2.95. The summed E-state index contributed by atoms with van der Waals surface area (Å²) in [5.41, 5.74) is 0.150. The number of halogens is 2. The van der Waals surface area contributed by atoms with Crippen molar-refractivity contribution in [1.29, 1.82) is 0 Å². The van der Waals surface area contributed by atoms with Crippen LogP contribution in [-0.2, 0) is 0 Å². The van der Waals surface area contributed by atoms with Crippen molar-refractivity contribution in [1.82, 2.24) is 4.98 Å². The zero-order valence-corrected chi connectivity index (χ0v) is 9.70. The van der Waals surface area contributed by atoms with Gasteiger partial charge in [-0.2, -0.15) is 0 Å². The zero-order valence-electron chi connectivity index (χ0n) is 8.18. The van der Waals surface area contributed by atoms with Crippen molar-refractivity contribution in [2.24, 2.45) is 0 Å². The summed E-state index contributed by atoms with van der Waals surface area (Å²) in [4.78, 5) is 25.1. The van der Waals surface area contributed by atoms with Crippen LogP contribution in [0.15, 0.2) is 24.4 Å². The monoisotopic (exact) mass is 270 g/mol. The molecule has 0 amide bonds. The molecule has 0 aliphatic heterocycles. The van der Waals surface area contributed by atoms with E-state index < -0.39 is 10.2 Å². The van der Waals surface area contributed by atoms with Crippen LogP contribution in [0.3, 0.4) is 0 Å². The van der Waals surface area contributed by atoms with Crippen molar-refractivity contribution in [3.63, 3.8) is 0 Å². The molecule has 5 nitrogen and oxygen atoms in total. The highest BCUT2D eigenvalue weighted by Gasteiger charge is 2.16. The number of rotatable bonds is 2. The molecule has 0 bridgehead atoms. The Balaban J connectivity index is 2.79. The predicted molar refractivity (Wildman–Crippen MR) is 63.6 cm³/mol. The SMILES string of the molecule is O=C(Cl)c1c(Cl)ccc2cc([N+](=O)[O-])cnc12. The maximum atomic E-state index is 11.2. The van der Waals surface area contributed by atoms with Gasteiger partial charge in [0.1, 0.15) is 6.20 Å². The van der Waals surface area contributed by atoms with Gasteiger partial charge in [0, 0.05) is 11.5 Å². The fourth-order valence-electron chi connectivity index (χ4n) is 1.45. The van der Waals surface area contributed by atoms with Crippen LogP contribution in [0.4, 0.5) is 5.69 Å². The minimum absolute atomic E-state index is 0.0562. The van der Waals surface area contributed by atoms with Gasteiger partial charge < -0.3 is 0 Å². The fraction of sp³-hybridized carbons (Fsp3) is 0. The maximum Gasteiger partial charge on any atom is 0.288 e. The Bertz CT molecular complexity index is 643. The van der Waals surface area contributed by atoms with E-state index in [0.29, 0.717) is 5.39 Å². The van der Waals surface area contributed by atoms with Crippen molar-refractivity contribution in [2.75, 3.05) is 0 Å². The Hall–Kier alpha value is -1.72. The van der Waals surface area contributed by atoms with Gasteiger partial charge in [-0.25, -0.2) is 4.98 Å². The van der Waals surface area contributed by atoms with Crippen LogP contribution in [0.5, 0.6) is 0 Å². The summed E-state index contributed by atoms with van der Waals surface area (Å²) in [7, 11) is 0. The van der Waals surface area contributed by atoms with Crippen molar-refractivity contribution in [2.45, 2.75) is 0 Å². The Morgan fingerprint density at radius 3 is 2.71 bits per heavy atom. The van der Waals surface area contributed by atoms with E-state index in [0.717, 1.165) is 6.20 Å². The van der Waals surface area contributed by atoms with Gasteiger partial charge in [0.15, 0.2) is 0 Å². The van der Waals surface area contributed by atoms with Gasteiger partial charge >= 0.3 is 0 Å². The zero-order chi connectivity index (χ0) is 12.6. The van der Waals surface area contributed by atoms with Gasteiger partial charge in [0.2, 0.25) is 0 Å². The number of benzene rings is 1. The van der Waals surface area contributed by atoms with Gasteiger partial charge in [-0.15, -0.1) is 0 Å². The molecular weight excluding hydrogens is 267 g/mol. The number of carbonyl (C=O) groups excluding carboxylic acids is 1. The average Bonchev–Trinajstić information content (AvgIpc) is 2.27. The number of hydrogen-bond donors (Lipinski definition) is 0. The summed E-state index contributed by atoms with van der Waals surface area (Å²) in [6, 6.07) is 4.30. The first-order chi connectivity index (χ1) is 8.00. The summed E-state index contributed by atoms with van der Waals surface area (Å²) >= 11 is 11.2. The van der Waals surface area contributed by atoms with Crippen LogP contribution in [0.1, 0.15) is 10.4 Å². The topological polar surface area (TPSA) is 73.1 Å². The second kappa shape index (κ2) is 4.27. The minimum atomic E-state index is -0.748. The summed E-state index contributed by atoms with van der Waals surface area (Å²) in [5, 5.41) is 10.4. The molecule has 0 aliphatic carbocycles. The van der Waals surface area contributed by atoms with Gasteiger partial charge in [0.25, 0.3) is 10.9 Å². The molecule has 1 aromatic carbocycles. The summed E-state index contributed by atoms with van der Waals surface area (Å²) in [6.07, 6.45) is 1.06. The molecule has 0 unspecified atom stereocenters. The third-order valence-electron chi connectivity index (χ3n) is 2.19. The average molecular weight is 271 g/mol. The molecule has 86 valence electrons. The van der Waals surface area contributed by atoms with Crippen molar-refractivity contribution >= 4 is 45.0 Å². The van der Waals surface area contributed by atoms with Gasteiger partial charge in [-0.3, -0.25) is 14.9 Å². The van der Waals surface area contributed by atoms with Gasteiger partial charge in [0.05, 0.1) is 21.0 Å². The number of carbonyl (C=O) groups is 1. The molecule has 0 spiro atoms.